The Morgan fingerprint density at radius 1 is 1.04 bits per heavy atom. The summed E-state index contributed by atoms with van der Waals surface area (Å²) in [5.74, 6) is 0.727. The number of carbonyl (C=O) groups excluding carboxylic acids is 1. The summed E-state index contributed by atoms with van der Waals surface area (Å²) in [4.78, 5) is 16.3. The fourth-order valence-electron chi connectivity index (χ4n) is 2.67. The van der Waals surface area contributed by atoms with Crippen LogP contribution in [0.5, 0.6) is 0 Å². The summed E-state index contributed by atoms with van der Waals surface area (Å²) in [6, 6.07) is 18.1. The van der Waals surface area contributed by atoms with Gasteiger partial charge in [-0.2, -0.15) is 0 Å². The predicted molar refractivity (Wildman–Crippen MR) is 112 cm³/mol. The van der Waals surface area contributed by atoms with Crippen LogP contribution in [0.4, 0.5) is 0 Å². The molecule has 0 aliphatic rings. The Morgan fingerprint density at radius 3 is 2.37 bits per heavy atom. The van der Waals surface area contributed by atoms with E-state index in [1.807, 2.05) is 42.5 Å². The van der Waals surface area contributed by atoms with Crippen molar-refractivity contribution in [3.8, 4) is 0 Å². The van der Waals surface area contributed by atoms with Crippen molar-refractivity contribution in [3.63, 3.8) is 0 Å². The van der Waals surface area contributed by atoms with Crippen LogP contribution >= 0.6 is 0 Å². The van der Waals surface area contributed by atoms with E-state index in [1.165, 1.54) is 5.56 Å². The van der Waals surface area contributed by atoms with E-state index in [2.05, 4.69) is 46.9 Å². The Morgan fingerprint density at radius 2 is 1.74 bits per heavy atom. The molecule has 5 heteroatoms. The highest BCUT2D eigenvalue weighted by molar-refractivity contribution is 5.94. The van der Waals surface area contributed by atoms with Crippen molar-refractivity contribution < 1.29 is 4.79 Å². The van der Waals surface area contributed by atoms with Crippen molar-refractivity contribution in [3.05, 3.63) is 71.3 Å². The van der Waals surface area contributed by atoms with E-state index in [-0.39, 0.29) is 11.9 Å². The summed E-state index contributed by atoms with van der Waals surface area (Å²) in [6.07, 6.45) is 2.07. The molecule has 0 bridgehead atoms. The number of hydrogen-bond donors (Lipinski definition) is 3. The fraction of sp³-hybridized carbons (Fsp3) is 0.364. The zero-order chi connectivity index (χ0) is 19.5. The molecule has 0 spiro atoms. The van der Waals surface area contributed by atoms with Crippen molar-refractivity contribution in [1.29, 1.82) is 0 Å². The van der Waals surface area contributed by atoms with Crippen LogP contribution in [0.15, 0.2) is 59.6 Å². The maximum absolute atomic E-state index is 12.0. The molecule has 2 rings (SSSR count). The van der Waals surface area contributed by atoms with Crippen molar-refractivity contribution in [1.82, 2.24) is 16.0 Å². The molecule has 0 heterocycles. The lowest BCUT2D eigenvalue weighted by Gasteiger charge is -2.18. The minimum atomic E-state index is -0.0166. The minimum Gasteiger partial charge on any atom is -0.352 e. The Balaban J connectivity index is 1.84. The highest BCUT2D eigenvalue weighted by atomic mass is 16.1. The van der Waals surface area contributed by atoms with Gasteiger partial charge >= 0.3 is 0 Å². The van der Waals surface area contributed by atoms with Gasteiger partial charge in [-0.15, -0.1) is 0 Å². The SMILES string of the molecule is CCCCNC(=O)c1ccc(CNC(=NC)NC(C)c2ccccc2)cc1. The normalized spacial score (nSPS) is 12.3. The molecule has 0 aliphatic carbocycles. The van der Waals surface area contributed by atoms with E-state index in [1.54, 1.807) is 7.05 Å². The van der Waals surface area contributed by atoms with Gasteiger partial charge in [0.25, 0.3) is 5.91 Å². The van der Waals surface area contributed by atoms with Crippen LogP contribution in [-0.4, -0.2) is 25.5 Å². The maximum atomic E-state index is 12.0. The summed E-state index contributed by atoms with van der Waals surface area (Å²) in [6.45, 7) is 5.57. The van der Waals surface area contributed by atoms with E-state index in [0.717, 1.165) is 30.9 Å². The molecule has 0 aliphatic heterocycles. The predicted octanol–water partition coefficient (Wildman–Crippen LogP) is 3.64. The van der Waals surface area contributed by atoms with Gasteiger partial charge in [-0.3, -0.25) is 9.79 Å². The molecule has 0 fully saturated rings. The number of carbonyl (C=O) groups is 1. The second-order valence-electron chi connectivity index (χ2n) is 6.51. The molecule has 1 amide bonds. The zero-order valence-corrected chi connectivity index (χ0v) is 16.5. The molecule has 1 atom stereocenters. The van der Waals surface area contributed by atoms with Crippen molar-refractivity contribution in [2.45, 2.75) is 39.3 Å². The minimum absolute atomic E-state index is 0.0166. The number of unbranched alkanes of at least 4 members (excludes halogenated alkanes) is 1. The van der Waals surface area contributed by atoms with E-state index >= 15 is 0 Å². The third kappa shape index (κ3) is 6.77. The van der Waals surface area contributed by atoms with Gasteiger partial charge in [-0.05, 0) is 36.6 Å². The smallest absolute Gasteiger partial charge is 0.251 e. The summed E-state index contributed by atoms with van der Waals surface area (Å²) in [5.41, 5.74) is 2.99. The van der Waals surface area contributed by atoms with Gasteiger partial charge in [-0.1, -0.05) is 55.8 Å². The lowest BCUT2D eigenvalue weighted by atomic mass is 10.1. The van der Waals surface area contributed by atoms with Crippen molar-refractivity contribution >= 4 is 11.9 Å². The number of rotatable bonds is 8. The molecule has 3 N–H and O–H groups in total. The van der Waals surface area contributed by atoms with Gasteiger partial charge in [0, 0.05) is 25.7 Å². The summed E-state index contributed by atoms with van der Waals surface area (Å²) in [7, 11) is 1.76. The highest BCUT2D eigenvalue weighted by Crippen LogP contribution is 2.11. The molecule has 0 radical (unpaired) electrons. The quantitative estimate of drug-likeness (QED) is 0.380. The van der Waals surface area contributed by atoms with E-state index in [9.17, 15) is 4.79 Å². The van der Waals surface area contributed by atoms with Gasteiger partial charge in [0.2, 0.25) is 0 Å². The standard InChI is InChI=1S/C22H30N4O/c1-4-5-15-24-21(27)20-13-11-18(12-14-20)16-25-22(23-3)26-17(2)19-9-7-6-8-10-19/h6-14,17H,4-5,15-16H2,1-3H3,(H,24,27)(H2,23,25,26). The van der Waals surface area contributed by atoms with Crippen LogP contribution in [0.3, 0.4) is 0 Å². The Bertz CT molecular complexity index is 726. The fourth-order valence-corrected chi connectivity index (χ4v) is 2.67. The van der Waals surface area contributed by atoms with Crippen molar-refractivity contribution in [2.24, 2.45) is 4.99 Å². The molecule has 1 unspecified atom stereocenters. The first-order chi connectivity index (χ1) is 13.1. The first-order valence-electron chi connectivity index (χ1n) is 9.53. The van der Waals surface area contributed by atoms with E-state index in [0.29, 0.717) is 12.1 Å². The van der Waals surface area contributed by atoms with Crippen LogP contribution in [-0.2, 0) is 6.54 Å². The molecule has 5 nitrogen and oxygen atoms in total. The average molecular weight is 367 g/mol. The van der Waals surface area contributed by atoms with Gasteiger partial charge in [0.1, 0.15) is 0 Å². The second kappa shape index (κ2) is 11.0. The molecular weight excluding hydrogens is 336 g/mol. The number of nitrogens with one attached hydrogen (secondary N) is 3. The molecule has 0 saturated heterocycles. The molecule has 0 aromatic heterocycles. The Labute approximate surface area is 162 Å². The Hall–Kier alpha value is -2.82. The third-order valence-electron chi connectivity index (χ3n) is 4.37. The van der Waals surface area contributed by atoms with Crippen LogP contribution < -0.4 is 16.0 Å². The lowest BCUT2D eigenvalue weighted by Crippen LogP contribution is -2.38. The number of guanidine groups is 1. The first kappa shape index (κ1) is 20.5. The van der Waals surface area contributed by atoms with Gasteiger partial charge in [0.15, 0.2) is 5.96 Å². The molecular formula is C22H30N4O. The monoisotopic (exact) mass is 366 g/mol. The van der Waals surface area contributed by atoms with Crippen molar-refractivity contribution in [2.75, 3.05) is 13.6 Å². The van der Waals surface area contributed by atoms with E-state index < -0.39 is 0 Å². The van der Waals surface area contributed by atoms with E-state index in [4.69, 9.17) is 0 Å². The summed E-state index contributed by atoms with van der Waals surface area (Å²) >= 11 is 0. The largest absolute Gasteiger partial charge is 0.352 e. The molecule has 0 saturated carbocycles. The Kier molecular flexibility index (Phi) is 8.36. The molecule has 2 aromatic carbocycles. The van der Waals surface area contributed by atoms with Crippen LogP contribution in [0.25, 0.3) is 0 Å². The first-order valence-corrected chi connectivity index (χ1v) is 9.53. The molecule has 27 heavy (non-hydrogen) atoms. The van der Waals surface area contributed by atoms with Gasteiger partial charge in [-0.25, -0.2) is 0 Å². The summed E-state index contributed by atoms with van der Waals surface area (Å²) < 4.78 is 0. The topological polar surface area (TPSA) is 65.5 Å². The van der Waals surface area contributed by atoms with Crippen LogP contribution in [0.1, 0.15) is 54.2 Å². The molecule has 2 aromatic rings. The zero-order valence-electron chi connectivity index (χ0n) is 16.5. The summed E-state index contributed by atoms with van der Waals surface area (Å²) in [5, 5.41) is 9.63. The number of amides is 1. The second-order valence-corrected chi connectivity index (χ2v) is 6.51. The maximum Gasteiger partial charge on any atom is 0.251 e. The van der Waals surface area contributed by atoms with Gasteiger partial charge < -0.3 is 16.0 Å². The number of hydrogen-bond acceptors (Lipinski definition) is 2. The average Bonchev–Trinajstić information content (AvgIpc) is 2.72. The lowest BCUT2D eigenvalue weighted by molar-refractivity contribution is 0.0953. The van der Waals surface area contributed by atoms with Crippen LogP contribution in [0.2, 0.25) is 0 Å². The molecule has 144 valence electrons. The van der Waals surface area contributed by atoms with Gasteiger partial charge in [0.05, 0.1) is 6.04 Å². The highest BCUT2D eigenvalue weighted by Gasteiger charge is 2.08. The van der Waals surface area contributed by atoms with Crippen LogP contribution in [0, 0.1) is 0 Å². The number of nitrogens with zero attached hydrogens (tertiary/aromatic N) is 1. The third-order valence-corrected chi connectivity index (χ3v) is 4.37. The number of benzene rings is 2. The number of aliphatic imine (C=N–C) groups is 1.